The molecule has 2 aromatic rings. The first-order valence-corrected chi connectivity index (χ1v) is 9.25. The molecule has 1 aliphatic heterocycles. The molecule has 0 aliphatic carbocycles. The summed E-state index contributed by atoms with van der Waals surface area (Å²) in [6.07, 6.45) is 2.62. The van der Waals surface area contributed by atoms with Crippen molar-refractivity contribution in [2.75, 3.05) is 31.6 Å². The molecule has 0 saturated carbocycles. The number of hydrogen-bond donors (Lipinski definition) is 2. The second-order valence-corrected chi connectivity index (χ2v) is 7.49. The predicted octanol–water partition coefficient (Wildman–Crippen LogP) is 1.14. The van der Waals surface area contributed by atoms with Gasteiger partial charge in [-0.3, -0.25) is 4.40 Å². The minimum absolute atomic E-state index is 0.180. The van der Waals surface area contributed by atoms with Crippen LogP contribution in [-0.2, 0) is 14.8 Å². The van der Waals surface area contributed by atoms with Gasteiger partial charge in [0.15, 0.2) is 15.8 Å². The van der Waals surface area contributed by atoms with Gasteiger partial charge in [0.05, 0.1) is 6.61 Å². The number of sulfonamides is 1. The predicted molar refractivity (Wildman–Crippen MR) is 81.3 cm³/mol. The fourth-order valence-electron chi connectivity index (χ4n) is 2.34. The third-order valence-electron chi connectivity index (χ3n) is 3.40. The highest BCUT2D eigenvalue weighted by atomic mass is 32.2. The Bertz CT molecular complexity index is 716. The van der Waals surface area contributed by atoms with E-state index in [2.05, 4.69) is 15.0 Å². The van der Waals surface area contributed by atoms with Crippen LogP contribution in [0.15, 0.2) is 16.6 Å². The molecule has 3 heterocycles. The molecular weight excluding hydrogens is 312 g/mol. The molecule has 0 bridgehead atoms. The van der Waals surface area contributed by atoms with Crippen molar-refractivity contribution in [3.63, 3.8) is 0 Å². The van der Waals surface area contributed by atoms with Crippen LogP contribution in [0, 0.1) is 5.92 Å². The maximum Gasteiger partial charge on any atom is 0.260 e. The van der Waals surface area contributed by atoms with Gasteiger partial charge in [-0.15, -0.1) is 11.3 Å². The van der Waals surface area contributed by atoms with Crippen molar-refractivity contribution in [2.24, 2.45) is 5.92 Å². The molecule has 1 aliphatic rings. The second kappa shape index (κ2) is 5.91. The minimum atomic E-state index is -3.61. The molecule has 1 fully saturated rings. The Morgan fingerprint density at radius 1 is 1.57 bits per heavy atom. The van der Waals surface area contributed by atoms with Crippen molar-refractivity contribution in [3.8, 4) is 0 Å². The van der Waals surface area contributed by atoms with Crippen LogP contribution in [0.5, 0.6) is 0 Å². The van der Waals surface area contributed by atoms with Gasteiger partial charge < -0.3 is 10.1 Å². The summed E-state index contributed by atoms with van der Waals surface area (Å²) >= 11 is 1.41. The zero-order valence-electron chi connectivity index (χ0n) is 11.7. The van der Waals surface area contributed by atoms with Crippen LogP contribution in [0.2, 0.25) is 0 Å². The number of nitrogens with zero attached hydrogens (tertiary/aromatic N) is 2. The smallest absolute Gasteiger partial charge is 0.260 e. The van der Waals surface area contributed by atoms with Gasteiger partial charge >= 0.3 is 0 Å². The first-order chi connectivity index (χ1) is 10.1. The van der Waals surface area contributed by atoms with Crippen LogP contribution in [0.4, 0.5) is 5.82 Å². The van der Waals surface area contributed by atoms with E-state index in [0.717, 1.165) is 6.42 Å². The van der Waals surface area contributed by atoms with Crippen LogP contribution < -0.4 is 10.0 Å². The molecule has 0 spiro atoms. The quantitative estimate of drug-likeness (QED) is 0.830. The van der Waals surface area contributed by atoms with Gasteiger partial charge in [-0.1, -0.05) is 0 Å². The zero-order valence-corrected chi connectivity index (χ0v) is 13.3. The number of thiazole rings is 1. The first-order valence-electron chi connectivity index (χ1n) is 6.88. The molecule has 0 aromatic carbocycles. The molecule has 3 rings (SSSR count). The van der Waals surface area contributed by atoms with Crippen molar-refractivity contribution in [3.05, 3.63) is 11.6 Å². The van der Waals surface area contributed by atoms with Crippen LogP contribution in [0.25, 0.3) is 4.96 Å². The van der Waals surface area contributed by atoms with E-state index in [1.165, 1.54) is 11.3 Å². The van der Waals surface area contributed by atoms with E-state index in [1.807, 2.05) is 12.3 Å². The van der Waals surface area contributed by atoms with Gasteiger partial charge in [0.25, 0.3) is 10.0 Å². The van der Waals surface area contributed by atoms with Crippen molar-refractivity contribution >= 4 is 32.1 Å². The third kappa shape index (κ3) is 2.91. The number of fused-ring (bicyclic) bond motifs is 1. The molecule has 0 amide bonds. The standard InChI is InChI=1S/C12H18N4O3S2/c1-2-13-10-11(16-4-6-20-12(16)15-10)21(17,18)14-7-9-3-5-19-8-9/h4,6,9,13-14H,2-3,5,7-8H2,1H3. The maximum absolute atomic E-state index is 12.6. The first kappa shape index (κ1) is 14.8. The molecule has 21 heavy (non-hydrogen) atoms. The summed E-state index contributed by atoms with van der Waals surface area (Å²) in [7, 11) is -3.61. The normalized spacial score (nSPS) is 19.4. The monoisotopic (exact) mass is 330 g/mol. The number of anilines is 1. The number of hydrogen-bond acceptors (Lipinski definition) is 6. The average Bonchev–Trinajstić information content (AvgIpc) is 3.12. The lowest BCUT2D eigenvalue weighted by Gasteiger charge is -2.11. The molecule has 2 N–H and O–H groups in total. The van der Waals surface area contributed by atoms with Crippen LogP contribution >= 0.6 is 11.3 Å². The van der Waals surface area contributed by atoms with Gasteiger partial charge in [-0.25, -0.2) is 18.1 Å². The number of nitrogens with one attached hydrogen (secondary N) is 2. The molecule has 9 heteroatoms. The molecule has 1 unspecified atom stereocenters. The summed E-state index contributed by atoms with van der Waals surface area (Å²) in [6.45, 7) is 4.24. The highest BCUT2D eigenvalue weighted by molar-refractivity contribution is 7.89. The lowest BCUT2D eigenvalue weighted by atomic mass is 10.1. The van der Waals surface area contributed by atoms with Crippen molar-refractivity contribution in [2.45, 2.75) is 18.4 Å². The SMILES string of the molecule is CCNc1nc2sccn2c1S(=O)(=O)NCC1CCOC1. The van der Waals surface area contributed by atoms with E-state index in [-0.39, 0.29) is 10.9 Å². The van der Waals surface area contributed by atoms with Gasteiger partial charge in [-0.05, 0) is 19.3 Å². The Hall–Kier alpha value is -1.16. The Labute approximate surface area is 127 Å². The lowest BCUT2D eigenvalue weighted by molar-refractivity contribution is 0.186. The molecule has 1 atom stereocenters. The summed E-state index contributed by atoms with van der Waals surface area (Å²) in [4.78, 5) is 5.00. The molecule has 116 valence electrons. The van der Waals surface area contributed by atoms with E-state index in [1.54, 1.807) is 10.6 Å². The average molecular weight is 330 g/mol. The summed E-state index contributed by atoms with van der Waals surface area (Å²) in [5.74, 6) is 0.646. The molecular formula is C12H18N4O3S2. The van der Waals surface area contributed by atoms with Crippen LogP contribution in [-0.4, -0.2) is 44.1 Å². The summed E-state index contributed by atoms with van der Waals surface area (Å²) in [6, 6.07) is 0. The van der Waals surface area contributed by atoms with Gasteiger partial charge in [-0.2, -0.15) is 0 Å². The van der Waals surface area contributed by atoms with Gasteiger partial charge in [0.2, 0.25) is 0 Å². The van der Waals surface area contributed by atoms with Crippen molar-refractivity contribution < 1.29 is 13.2 Å². The number of ether oxygens (including phenoxy) is 1. The highest BCUT2D eigenvalue weighted by Crippen LogP contribution is 2.25. The third-order valence-corrected chi connectivity index (χ3v) is 5.61. The van der Waals surface area contributed by atoms with Gasteiger partial charge in [0.1, 0.15) is 0 Å². The Kier molecular flexibility index (Phi) is 4.16. The molecule has 7 nitrogen and oxygen atoms in total. The number of imidazole rings is 1. The summed E-state index contributed by atoms with van der Waals surface area (Å²) < 4.78 is 34.8. The van der Waals surface area contributed by atoms with Gasteiger partial charge in [0, 0.05) is 31.3 Å². The molecule has 0 radical (unpaired) electrons. The van der Waals surface area contributed by atoms with E-state index in [4.69, 9.17) is 4.74 Å². The van der Waals surface area contributed by atoms with Crippen molar-refractivity contribution in [1.82, 2.24) is 14.1 Å². The second-order valence-electron chi connectivity index (χ2n) is 4.93. The largest absolute Gasteiger partial charge is 0.381 e. The molecule has 2 aromatic heterocycles. The maximum atomic E-state index is 12.6. The topological polar surface area (TPSA) is 84.7 Å². The minimum Gasteiger partial charge on any atom is -0.381 e. The Morgan fingerprint density at radius 3 is 3.14 bits per heavy atom. The summed E-state index contributed by atoms with van der Waals surface area (Å²) in [5, 5.41) is 5.02. The fraction of sp³-hybridized carbons (Fsp3) is 0.583. The number of rotatable bonds is 6. The number of aromatic nitrogens is 2. The zero-order chi connectivity index (χ0) is 14.9. The van der Waals surface area contributed by atoms with Crippen LogP contribution in [0.1, 0.15) is 13.3 Å². The van der Waals surface area contributed by atoms with E-state index in [9.17, 15) is 8.42 Å². The fourth-order valence-corrected chi connectivity index (χ4v) is 4.49. The van der Waals surface area contributed by atoms with Crippen molar-refractivity contribution in [1.29, 1.82) is 0 Å². The molecule has 1 saturated heterocycles. The van der Waals surface area contributed by atoms with E-state index >= 15 is 0 Å². The Balaban J connectivity index is 1.89. The van der Waals surface area contributed by atoms with E-state index in [0.29, 0.717) is 37.1 Å². The highest BCUT2D eigenvalue weighted by Gasteiger charge is 2.27. The van der Waals surface area contributed by atoms with E-state index < -0.39 is 10.0 Å². The Morgan fingerprint density at radius 2 is 2.43 bits per heavy atom. The van der Waals surface area contributed by atoms with Crippen LogP contribution in [0.3, 0.4) is 0 Å². The summed E-state index contributed by atoms with van der Waals surface area (Å²) in [5.41, 5.74) is 0. The lowest BCUT2D eigenvalue weighted by Crippen LogP contribution is -2.31.